The number of hydrogen-bond acceptors (Lipinski definition) is 3. The van der Waals surface area contributed by atoms with Crippen molar-refractivity contribution in [2.24, 2.45) is 5.92 Å². The molecule has 0 aliphatic carbocycles. The second-order valence-electron chi connectivity index (χ2n) is 6.54. The van der Waals surface area contributed by atoms with Crippen LogP contribution in [-0.4, -0.2) is 53.3 Å². The van der Waals surface area contributed by atoms with E-state index >= 15 is 0 Å². The third kappa shape index (κ3) is 2.94. The number of fused-ring (bicyclic) bond motifs is 2. The molecule has 2 rings (SSSR count). The van der Waals surface area contributed by atoms with Gasteiger partial charge in [0.05, 0.1) is 0 Å². The van der Waals surface area contributed by atoms with Crippen molar-refractivity contribution in [1.82, 2.24) is 9.80 Å². The fraction of sp³-hybridized carbons (Fsp3) is 0.933. The molecule has 0 radical (unpaired) electrons. The van der Waals surface area contributed by atoms with Crippen LogP contribution in [0.5, 0.6) is 0 Å². The Morgan fingerprint density at radius 2 is 1.67 bits per heavy atom. The first-order chi connectivity index (χ1) is 8.49. The van der Waals surface area contributed by atoms with Crippen LogP contribution < -0.4 is 0 Å². The molecule has 0 aromatic rings. The first-order valence-corrected chi connectivity index (χ1v) is 7.51. The van der Waals surface area contributed by atoms with E-state index in [1.807, 2.05) is 13.8 Å². The zero-order chi connectivity index (χ0) is 13.3. The van der Waals surface area contributed by atoms with Gasteiger partial charge in [0, 0.05) is 50.1 Å². The van der Waals surface area contributed by atoms with E-state index in [0.29, 0.717) is 23.9 Å². The number of nitrogens with zero attached hydrogens (tertiary/aromatic N) is 2. The molecule has 2 unspecified atom stereocenters. The molecule has 2 fully saturated rings. The lowest BCUT2D eigenvalue weighted by atomic mass is 10.0. The summed E-state index contributed by atoms with van der Waals surface area (Å²) in [6.45, 7) is 12.0. The standard InChI is InChI=1S/C15H28N2O/c1-11(2)15(18)7-8-17-13-5-6-14(17)10-16(9-13)12(3)4/h11-14H,5-10H2,1-4H3. The second-order valence-corrected chi connectivity index (χ2v) is 6.54. The lowest BCUT2D eigenvalue weighted by Gasteiger charge is -2.42. The molecule has 0 saturated carbocycles. The predicted octanol–water partition coefficient (Wildman–Crippen LogP) is 2.16. The van der Waals surface area contributed by atoms with Crippen molar-refractivity contribution in [2.75, 3.05) is 19.6 Å². The Morgan fingerprint density at radius 3 is 2.11 bits per heavy atom. The summed E-state index contributed by atoms with van der Waals surface area (Å²) >= 11 is 0. The second kappa shape index (κ2) is 5.70. The molecule has 2 aliphatic rings. The minimum Gasteiger partial charge on any atom is -0.299 e. The first-order valence-electron chi connectivity index (χ1n) is 7.51. The Bertz CT molecular complexity index is 287. The molecule has 2 heterocycles. The van der Waals surface area contributed by atoms with Crippen LogP contribution in [0.3, 0.4) is 0 Å². The van der Waals surface area contributed by atoms with E-state index < -0.39 is 0 Å². The van der Waals surface area contributed by atoms with Gasteiger partial charge in [-0.1, -0.05) is 13.8 Å². The molecular weight excluding hydrogens is 224 g/mol. The first kappa shape index (κ1) is 14.0. The van der Waals surface area contributed by atoms with Crippen molar-refractivity contribution in [3.63, 3.8) is 0 Å². The molecule has 0 aromatic carbocycles. The summed E-state index contributed by atoms with van der Waals surface area (Å²) in [6, 6.07) is 2.06. The predicted molar refractivity (Wildman–Crippen MR) is 74.7 cm³/mol. The topological polar surface area (TPSA) is 23.6 Å². The molecule has 104 valence electrons. The maximum absolute atomic E-state index is 11.8. The molecule has 0 aromatic heterocycles. The van der Waals surface area contributed by atoms with E-state index in [4.69, 9.17) is 0 Å². The SMILES string of the molecule is CC(C)C(=O)CCN1C2CCC1CN(C(C)C)C2. The zero-order valence-electron chi connectivity index (χ0n) is 12.4. The minimum atomic E-state index is 0.194. The number of piperazine rings is 1. The van der Waals surface area contributed by atoms with Crippen molar-refractivity contribution in [1.29, 1.82) is 0 Å². The average molecular weight is 252 g/mol. The number of carbonyl (C=O) groups is 1. The van der Waals surface area contributed by atoms with E-state index in [0.717, 1.165) is 13.0 Å². The van der Waals surface area contributed by atoms with Crippen LogP contribution in [0.25, 0.3) is 0 Å². The number of hydrogen-bond donors (Lipinski definition) is 0. The van der Waals surface area contributed by atoms with Crippen LogP contribution in [0, 0.1) is 5.92 Å². The molecule has 2 bridgehead atoms. The smallest absolute Gasteiger partial charge is 0.136 e. The fourth-order valence-corrected chi connectivity index (χ4v) is 3.34. The van der Waals surface area contributed by atoms with Gasteiger partial charge in [0.25, 0.3) is 0 Å². The lowest BCUT2D eigenvalue weighted by molar-refractivity contribution is -0.122. The van der Waals surface area contributed by atoms with Crippen molar-refractivity contribution >= 4 is 5.78 Å². The fourth-order valence-electron chi connectivity index (χ4n) is 3.34. The Morgan fingerprint density at radius 1 is 1.11 bits per heavy atom. The number of Topliss-reactive ketones (excluding diaryl/α,β-unsaturated/α-hetero) is 1. The summed E-state index contributed by atoms with van der Waals surface area (Å²) in [5, 5.41) is 0. The van der Waals surface area contributed by atoms with E-state index in [2.05, 4.69) is 23.6 Å². The maximum Gasteiger partial charge on any atom is 0.136 e. The molecule has 0 spiro atoms. The van der Waals surface area contributed by atoms with Gasteiger partial charge in [-0.05, 0) is 26.7 Å². The summed E-state index contributed by atoms with van der Waals surface area (Å²) in [7, 11) is 0. The third-order valence-corrected chi connectivity index (χ3v) is 4.65. The molecule has 2 saturated heterocycles. The van der Waals surface area contributed by atoms with E-state index in [1.165, 1.54) is 25.9 Å². The van der Waals surface area contributed by atoms with Gasteiger partial charge in [0.1, 0.15) is 5.78 Å². The Hall–Kier alpha value is -0.410. The van der Waals surface area contributed by atoms with E-state index in [1.54, 1.807) is 0 Å². The van der Waals surface area contributed by atoms with Gasteiger partial charge in [-0.3, -0.25) is 14.6 Å². The Kier molecular flexibility index (Phi) is 4.44. The van der Waals surface area contributed by atoms with Gasteiger partial charge in [-0.15, -0.1) is 0 Å². The number of ketones is 1. The molecule has 0 N–H and O–H groups in total. The van der Waals surface area contributed by atoms with Crippen LogP contribution in [0.4, 0.5) is 0 Å². The molecular formula is C15H28N2O. The largest absolute Gasteiger partial charge is 0.299 e. The highest BCUT2D eigenvalue weighted by molar-refractivity contribution is 5.80. The van der Waals surface area contributed by atoms with Crippen molar-refractivity contribution in [2.45, 2.75) is 65.1 Å². The Balaban J connectivity index is 1.87. The summed E-state index contributed by atoms with van der Waals surface area (Å²) in [4.78, 5) is 17.0. The quantitative estimate of drug-likeness (QED) is 0.749. The normalized spacial score (nSPS) is 29.4. The average Bonchev–Trinajstić information content (AvgIpc) is 2.56. The molecule has 2 atom stereocenters. The van der Waals surface area contributed by atoms with Gasteiger partial charge < -0.3 is 0 Å². The van der Waals surface area contributed by atoms with Crippen LogP contribution in [0.1, 0.15) is 47.0 Å². The molecule has 0 amide bonds. The lowest BCUT2D eigenvalue weighted by Crippen LogP contribution is -2.55. The van der Waals surface area contributed by atoms with Gasteiger partial charge in [0.2, 0.25) is 0 Å². The maximum atomic E-state index is 11.8. The van der Waals surface area contributed by atoms with Gasteiger partial charge in [0.15, 0.2) is 0 Å². The Labute approximate surface area is 112 Å². The van der Waals surface area contributed by atoms with Gasteiger partial charge in [-0.25, -0.2) is 0 Å². The van der Waals surface area contributed by atoms with Gasteiger partial charge in [-0.2, -0.15) is 0 Å². The number of rotatable bonds is 5. The summed E-state index contributed by atoms with van der Waals surface area (Å²) in [5.74, 6) is 0.611. The molecule has 2 aliphatic heterocycles. The van der Waals surface area contributed by atoms with Crippen LogP contribution in [0.2, 0.25) is 0 Å². The zero-order valence-corrected chi connectivity index (χ0v) is 12.4. The minimum absolute atomic E-state index is 0.194. The molecule has 18 heavy (non-hydrogen) atoms. The van der Waals surface area contributed by atoms with Crippen molar-refractivity contribution < 1.29 is 4.79 Å². The summed E-state index contributed by atoms with van der Waals surface area (Å²) in [6.07, 6.45) is 3.39. The highest BCUT2D eigenvalue weighted by Crippen LogP contribution is 2.31. The van der Waals surface area contributed by atoms with Crippen LogP contribution in [0.15, 0.2) is 0 Å². The van der Waals surface area contributed by atoms with Crippen LogP contribution >= 0.6 is 0 Å². The van der Waals surface area contributed by atoms with Crippen molar-refractivity contribution in [3.8, 4) is 0 Å². The highest BCUT2D eigenvalue weighted by atomic mass is 16.1. The summed E-state index contributed by atoms with van der Waals surface area (Å²) in [5.41, 5.74) is 0. The highest BCUT2D eigenvalue weighted by Gasteiger charge is 2.40. The summed E-state index contributed by atoms with van der Waals surface area (Å²) < 4.78 is 0. The molecule has 3 heteroatoms. The number of carbonyl (C=O) groups excluding carboxylic acids is 1. The monoisotopic (exact) mass is 252 g/mol. The van der Waals surface area contributed by atoms with E-state index in [-0.39, 0.29) is 5.92 Å². The number of likely N-dealkylation sites (tertiary alicyclic amines) is 1. The van der Waals surface area contributed by atoms with Crippen LogP contribution in [-0.2, 0) is 4.79 Å². The van der Waals surface area contributed by atoms with Gasteiger partial charge >= 0.3 is 0 Å². The van der Waals surface area contributed by atoms with Crippen molar-refractivity contribution in [3.05, 3.63) is 0 Å². The molecule has 3 nitrogen and oxygen atoms in total. The third-order valence-electron chi connectivity index (χ3n) is 4.65. The van der Waals surface area contributed by atoms with E-state index in [9.17, 15) is 4.79 Å².